The van der Waals surface area contributed by atoms with Gasteiger partial charge in [0.1, 0.15) is 11.3 Å². The summed E-state index contributed by atoms with van der Waals surface area (Å²) in [7, 11) is 0. The van der Waals surface area contributed by atoms with Crippen LogP contribution in [0, 0.1) is 23.7 Å². The Hall–Kier alpha value is -1.49. The van der Waals surface area contributed by atoms with Crippen LogP contribution < -0.4 is 0 Å². The molecular formula is C21H34O5. The number of carbonyl (C=O) groups is 3. The highest BCUT2D eigenvalue weighted by atomic mass is 16.3. The summed E-state index contributed by atoms with van der Waals surface area (Å²) >= 11 is 0. The van der Waals surface area contributed by atoms with Gasteiger partial charge in [0.15, 0.2) is 23.0 Å². The van der Waals surface area contributed by atoms with Crippen molar-refractivity contribution in [2.45, 2.75) is 79.2 Å². The van der Waals surface area contributed by atoms with E-state index >= 15 is 0 Å². The molecular weight excluding hydrogens is 332 g/mol. The predicted octanol–water partition coefficient (Wildman–Crippen LogP) is 3.79. The number of ketones is 3. The van der Waals surface area contributed by atoms with E-state index < -0.39 is 40.5 Å². The van der Waals surface area contributed by atoms with Gasteiger partial charge in [-0.2, -0.15) is 0 Å². The van der Waals surface area contributed by atoms with Gasteiger partial charge in [0.25, 0.3) is 0 Å². The lowest BCUT2D eigenvalue weighted by molar-refractivity contribution is -0.145. The quantitative estimate of drug-likeness (QED) is 0.574. The molecule has 26 heavy (non-hydrogen) atoms. The first kappa shape index (κ1) is 22.6. The summed E-state index contributed by atoms with van der Waals surface area (Å²) in [6.45, 7) is 11.4. The molecule has 0 aromatic rings. The van der Waals surface area contributed by atoms with Crippen LogP contribution >= 0.6 is 0 Å². The summed E-state index contributed by atoms with van der Waals surface area (Å²) in [6.07, 6.45) is 2.01. The first-order chi connectivity index (χ1) is 12.0. The van der Waals surface area contributed by atoms with Crippen molar-refractivity contribution in [3.8, 4) is 0 Å². The maximum Gasteiger partial charge on any atom is 0.190 e. The Balaban J connectivity index is 3.31. The van der Waals surface area contributed by atoms with Gasteiger partial charge in [-0.25, -0.2) is 0 Å². The van der Waals surface area contributed by atoms with Crippen LogP contribution in [0.5, 0.6) is 0 Å². The second-order valence-electron chi connectivity index (χ2n) is 8.41. The monoisotopic (exact) mass is 366 g/mol. The van der Waals surface area contributed by atoms with Gasteiger partial charge in [-0.15, -0.1) is 0 Å². The molecule has 0 unspecified atom stereocenters. The minimum Gasteiger partial charge on any atom is -0.508 e. The molecule has 1 aliphatic carbocycles. The van der Waals surface area contributed by atoms with Crippen molar-refractivity contribution >= 4 is 17.3 Å². The first-order valence-corrected chi connectivity index (χ1v) is 9.76. The Morgan fingerprint density at radius 3 is 2.08 bits per heavy atom. The second-order valence-corrected chi connectivity index (χ2v) is 8.41. The zero-order valence-electron chi connectivity index (χ0n) is 17.0. The van der Waals surface area contributed by atoms with Crippen LogP contribution in [-0.4, -0.2) is 33.2 Å². The van der Waals surface area contributed by atoms with E-state index in [4.69, 9.17) is 0 Å². The van der Waals surface area contributed by atoms with E-state index in [0.29, 0.717) is 19.3 Å². The summed E-state index contributed by atoms with van der Waals surface area (Å²) in [6, 6.07) is 0. The summed E-state index contributed by atoms with van der Waals surface area (Å²) in [5, 5.41) is 21.8. The first-order valence-electron chi connectivity index (χ1n) is 9.76. The number of hydrogen-bond acceptors (Lipinski definition) is 5. The van der Waals surface area contributed by atoms with Crippen LogP contribution in [0.2, 0.25) is 0 Å². The molecule has 0 saturated heterocycles. The Bertz CT molecular complexity index is 587. The summed E-state index contributed by atoms with van der Waals surface area (Å²) in [4.78, 5) is 38.3. The maximum atomic E-state index is 12.9. The fourth-order valence-corrected chi connectivity index (χ4v) is 3.28. The third-order valence-electron chi connectivity index (χ3n) is 5.38. The van der Waals surface area contributed by atoms with Crippen molar-refractivity contribution < 1.29 is 24.6 Å². The maximum absolute atomic E-state index is 12.9. The lowest BCUT2D eigenvalue weighted by atomic mass is 9.79. The molecule has 0 radical (unpaired) electrons. The molecule has 0 aliphatic heterocycles. The molecule has 0 bridgehead atoms. The third kappa shape index (κ3) is 4.43. The van der Waals surface area contributed by atoms with Gasteiger partial charge in [-0.05, 0) is 31.1 Å². The Morgan fingerprint density at radius 1 is 1.08 bits per heavy atom. The van der Waals surface area contributed by atoms with Crippen LogP contribution in [0.15, 0.2) is 11.3 Å². The van der Waals surface area contributed by atoms with Gasteiger partial charge in [0, 0.05) is 12.3 Å². The van der Waals surface area contributed by atoms with Gasteiger partial charge in [-0.1, -0.05) is 48.0 Å². The number of rotatable bonds is 10. The third-order valence-corrected chi connectivity index (χ3v) is 5.38. The SMILES string of the molecule is CC[C@H](C)C(=O)C1=C(O)[C@](O)(C(=O)CCC(C)C)[C@@H](CCC(C)C)C1=O. The molecule has 0 aromatic carbocycles. The van der Waals surface area contributed by atoms with E-state index in [-0.39, 0.29) is 30.3 Å². The molecule has 0 heterocycles. The number of aliphatic hydroxyl groups excluding tert-OH is 1. The Labute approximate surface area is 156 Å². The fraction of sp³-hybridized carbons (Fsp3) is 0.762. The van der Waals surface area contributed by atoms with Crippen LogP contribution in [-0.2, 0) is 14.4 Å². The highest BCUT2D eigenvalue weighted by molar-refractivity contribution is 6.26. The zero-order chi connectivity index (χ0) is 20.2. The van der Waals surface area contributed by atoms with Crippen LogP contribution in [0.25, 0.3) is 0 Å². The number of Topliss-reactive ketones (excluding diaryl/α,β-unsaturated/α-hetero) is 3. The summed E-state index contributed by atoms with van der Waals surface area (Å²) < 4.78 is 0. The van der Waals surface area contributed by atoms with Gasteiger partial charge < -0.3 is 10.2 Å². The minimum atomic E-state index is -2.26. The van der Waals surface area contributed by atoms with E-state index in [1.165, 1.54) is 0 Å². The Kier molecular flexibility index (Phi) is 7.75. The molecule has 1 rings (SSSR count). The second kappa shape index (κ2) is 8.94. The molecule has 0 amide bonds. The van der Waals surface area contributed by atoms with Crippen molar-refractivity contribution in [1.29, 1.82) is 0 Å². The summed E-state index contributed by atoms with van der Waals surface area (Å²) in [5.41, 5.74) is -2.63. The van der Waals surface area contributed by atoms with Gasteiger partial charge in [0.05, 0.1) is 5.92 Å². The highest BCUT2D eigenvalue weighted by Crippen LogP contribution is 2.42. The summed E-state index contributed by atoms with van der Waals surface area (Å²) in [5.74, 6) is -3.38. The number of aliphatic hydroxyl groups is 2. The van der Waals surface area contributed by atoms with Gasteiger partial charge >= 0.3 is 0 Å². The van der Waals surface area contributed by atoms with Crippen molar-refractivity contribution in [2.75, 3.05) is 0 Å². The number of carbonyl (C=O) groups excluding carboxylic acids is 3. The zero-order valence-corrected chi connectivity index (χ0v) is 17.0. The predicted molar refractivity (Wildman–Crippen MR) is 101 cm³/mol. The van der Waals surface area contributed by atoms with E-state index in [1.54, 1.807) is 6.92 Å². The molecule has 148 valence electrons. The van der Waals surface area contributed by atoms with Crippen LogP contribution in [0.3, 0.4) is 0 Å². The lowest BCUT2D eigenvalue weighted by Crippen LogP contribution is -2.47. The molecule has 1 aliphatic rings. The Morgan fingerprint density at radius 2 is 1.62 bits per heavy atom. The molecule has 5 heteroatoms. The average molecular weight is 366 g/mol. The van der Waals surface area contributed by atoms with E-state index in [2.05, 4.69) is 0 Å². The number of allylic oxidation sites excluding steroid dienone is 1. The van der Waals surface area contributed by atoms with E-state index in [9.17, 15) is 24.6 Å². The largest absolute Gasteiger partial charge is 0.508 e. The highest BCUT2D eigenvalue weighted by Gasteiger charge is 2.58. The molecule has 0 spiro atoms. The van der Waals surface area contributed by atoms with E-state index in [1.807, 2.05) is 34.6 Å². The molecule has 0 aromatic heterocycles. The van der Waals surface area contributed by atoms with Gasteiger partial charge in [-0.3, -0.25) is 14.4 Å². The fourth-order valence-electron chi connectivity index (χ4n) is 3.28. The molecule has 3 atom stereocenters. The standard InChI is InChI=1S/C21H34O5/c1-7-14(6)18(23)17-19(24)15(10-8-12(2)3)21(26,20(17)25)16(22)11-9-13(4)5/h12-15,25-26H,7-11H2,1-6H3/t14-,15-,21+/m0/s1. The minimum absolute atomic E-state index is 0.0640. The van der Waals surface area contributed by atoms with Crippen molar-refractivity contribution in [3.63, 3.8) is 0 Å². The van der Waals surface area contributed by atoms with Crippen molar-refractivity contribution in [2.24, 2.45) is 23.7 Å². The topological polar surface area (TPSA) is 91.7 Å². The molecule has 5 nitrogen and oxygen atoms in total. The van der Waals surface area contributed by atoms with Crippen LogP contribution in [0.4, 0.5) is 0 Å². The van der Waals surface area contributed by atoms with E-state index in [0.717, 1.165) is 0 Å². The smallest absolute Gasteiger partial charge is 0.190 e. The van der Waals surface area contributed by atoms with Gasteiger partial charge in [0.2, 0.25) is 0 Å². The molecule has 0 fully saturated rings. The molecule has 0 saturated carbocycles. The van der Waals surface area contributed by atoms with Crippen molar-refractivity contribution in [1.82, 2.24) is 0 Å². The van der Waals surface area contributed by atoms with Crippen LogP contribution in [0.1, 0.15) is 73.6 Å². The molecule has 2 N–H and O–H groups in total. The lowest BCUT2D eigenvalue weighted by Gasteiger charge is -2.28. The van der Waals surface area contributed by atoms with Crippen molar-refractivity contribution in [3.05, 3.63) is 11.3 Å². The average Bonchev–Trinajstić information content (AvgIpc) is 2.76. The number of hydrogen-bond donors (Lipinski definition) is 2. The normalized spacial score (nSPS) is 24.7.